The lowest BCUT2D eigenvalue weighted by molar-refractivity contribution is 0.151. The van der Waals surface area contributed by atoms with E-state index in [2.05, 4.69) is 24.5 Å². The second kappa shape index (κ2) is 4.36. The highest BCUT2D eigenvalue weighted by molar-refractivity contribution is 7.09. The second-order valence-electron chi connectivity index (χ2n) is 5.83. The molecule has 2 saturated carbocycles. The monoisotopic (exact) mass is 250 g/mol. The van der Waals surface area contributed by atoms with E-state index < -0.39 is 0 Å². The molecule has 2 nitrogen and oxygen atoms in total. The summed E-state index contributed by atoms with van der Waals surface area (Å²) in [7, 11) is 0. The lowest BCUT2D eigenvalue weighted by Gasteiger charge is -2.42. The Morgan fingerprint density at radius 3 is 2.76 bits per heavy atom. The number of aromatic nitrogens is 1. The molecule has 2 atom stereocenters. The molecule has 94 valence electrons. The molecule has 0 bridgehead atoms. The quantitative estimate of drug-likeness (QED) is 0.886. The number of thiazole rings is 1. The van der Waals surface area contributed by atoms with E-state index in [1.54, 1.807) is 0 Å². The van der Waals surface area contributed by atoms with Crippen molar-refractivity contribution in [2.75, 3.05) is 0 Å². The van der Waals surface area contributed by atoms with Crippen LogP contribution in [0.4, 0.5) is 0 Å². The lowest BCUT2D eigenvalue weighted by Crippen LogP contribution is -2.50. The van der Waals surface area contributed by atoms with E-state index in [4.69, 9.17) is 4.98 Å². The zero-order valence-corrected chi connectivity index (χ0v) is 11.6. The standard InChI is InChI=1S/C14H22N2S/c1-10-5-3-4-8-14(10,16-12-6-7-12)13-15-11(2)9-17-13/h9-10,12,16H,3-8H2,1-2H3. The summed E-state index contributed by atoms with van der Waals surface area (Å²) in [6, 6.07) is 0.764. The minimum atomic E-state index is 0.193. The van der Waals surface area contributed by atoms with Crippen molar-refractivity contribution >= 4 is 11.3 Å². The van der Waals surface area contributed by atoms with Crippen LogP contribution in [0.25, 0.3) is 0 Å². The molecule has 0 spiro atoms. The van der Waals surface area contributed by atoms with Crippen LogP contribution in [0.15, 0.2) is 5.38 Å². The molecule has 0 amide bonds. The molecule has 2 aliphatic carbocycles. The second-order valence-corrected chi connectivity index (χ2v) is 6.69. The molecule has 2 fully saturated rings. The molecular formula is C14H22N2S. The van der Waals surface area contributed by atoms with Gasteiger partial charge in [0, 0.05) is 17.1 Å². The summed E-state index contributed by atoms with van der Waals surface area (Å²) in [4.78, 5) is 4.79. The van der Waals surface area contributed by atoms with Crippen LogP contribution < -0.4 is 5.32 Å². The van der Waals surface area contributed by atoms with Gasteiger partial charge in [-0.05, 0) is 38.5 Å². The zero-order chi connectivity index (χ0) is 11.9. The Hall–Kier alpha value is -0.410. The first-order chi connectivity index (χ1) is 8.21. The van der Waals surface area contributed by atoms with Crippen LogP contribution in [0.5, 0.6) is 0 Å². The van der Waals surface area contributed by atoms with E-state index in [-0.39, 0.29) is 5.54 Å². The third-order valence-electron chi connectivity index (χ3n) is 4.34. The molecule has 3 rings (SSSR count). The van der Waals surface area contributed by atoms with Gasteiger partial charge in [-0.2, -0.15) is 0 Å². The molecular weight excluding hydrogens is 228 g/mol. The number of hydrogen-bond donors (Lipinski definition) is 1. The largest absolute Gasteiger partial charge is 0.302 e. The van der Waals surface area contributed by atoms with Gasteiger partial charge in [0.05, 0.1) is 5.54 Å². The van der Waals surface area contributed by atoms with E-state index in [1.165, 1.54) is 49.2 Å². The Morgan fingerprint density at radius 2 is 2.18 bits per heavy atom. The highest BCUT2D eigenvalue weighted by atomic mass is 32.1. The van der Waals surface area contributed by atoms with Crippen LogP contribution in [0.2, 0.25) is 0 Å². The number of rotatable bonds is 3. The first-order valence-corrected chi connectivity index (χ1v) is 7.79. The summed E-state index contributed by atoms with van der Waals surface area (Å²) in [5.41, 5.74) is 1.37. The highest BCUT2D eigenvalue weighted by Gasteiger charge is 2.44. The van der Waals surface area contributed by atoms with Crippen molar-refractivity contribution in [1.82, 2.24) is 10.3 Å². The fourth-order valence-corrected chi connectivity index (χ4v) is 4.20. The van der Waals surface area contributed by atoms with Crippen molar-refractivity contribution in [2.45, 2.75) is 64.0 Å². The average Bonchev–Trinajstić information content (AvgIpc) is 3.02. The molecule has 1 aromatic heterocycles. The van der Waals surface area contributed by atoms with Crippen molar-refractivity contribution in [3.8, 4) is 0 Å². The summed E-state index contributed by atoms with van der Waals surface area (Å²) < 4.78 is 0. The maximum Gasteiger partial charge on any atom is 0.113 e. The van der Waals surface area contributed by atoms with Crippen molar-refractivity contribution < 1.29 is 0 Å². The van der Waals surface area contributed by atoms with Crippen LogP contribution in [0.1, 0.15) is 56.2 Å². The van der Waals surface area contributed by atoms with Crippen LogP contribution >= 0.6 is 11.3 Å². The fourth-order valence-electron chi connectivity index (χ4n) is 3.09. The predicted octanol–water partition coefficient (Wildman–Crippen LogP) is 3.61. The minimum Gasteiger partial charge on any atom is -0.302 e. The smallest absolute Gasteiger partial charge is 0.113 e. The van der Waals surface area contributed by atoms with Gasteiger partial charge in [0.25, 0.3) is 0 Å². The Kier molecular flexibility index (Phi) is 2.99. The van der Waals surface area contributed by atoms with Gasteiger partial charge >= 0.3 is 0 Å². The van der Waals surface area contributed by atoms with Crippen LogP contribution in [0, 0.1) is 12.8 Å². The summed E-state index contributed by atoms with van der Waals surface area (Å²) in [6.45, 7) is 4.52. The molecule has 2 unspecified atom stereocenters. The Bertz CT molecular complexity index is 397. The summed E-state index contributed by atoms with van der Waals surface area (Å²) in [5, 5.41) is 7.48. The molecule has 0 saturated heterocycles. The molecule has 17 heavy (non-hydrogen) atoms. The molecule has 0 aliphatic heterocycles. The minimum absolute atomic E-state index is 0.193. The van der Waals surface area contributed by atoms with Gasteiger partial charge in [-0.25, -0.2) is 4.98 Å². The Labute approximate surface area is 108 Å². The number of aryl methyl sites for hydroxylation is 1. The summed E-state index contributed by atoms with van der Waals surface area (Å²) in [5.74, 6) is 0.724. The third-order valence-corrected chi connectivity index (χ3v) is 5.48. The fraction of sp³-hybridized carbons (Fsp3) is 0.786. The first kappa shape index (κ1) is 11.7. The van der Waals surface area contributed by atoms with Crippen molar-refractivity contribution in [1.29, 1.82) is 0 Å². The topological polar surface area (TPSA) is 24.9 Å². The van der Waals surface area contributed by atoms with Gasteiger partial charge in [0.15, 0.2) is 0 Å². The highest BCUT2D eigenvalue weighted by Crippen LogP contribution is 2.44. The van der Waals surface area contributed by atoms with Gasteiger partial charge in [0.1, 0.15) is 5.01 Å². The van der Waals surface area contributed by atoms with Crippen molar-refractivity contribution in [3.63, 3.8) is 0 Å². The summed E-state index contributed by atoms with van der Waals surface area (Å²) in [6.07, 6.45) is 8.08. The normalized spacial score (nSPS) is 33.9. The number of hydrogen-bond acceptors (Lipinski definition) is 3. The predicted molar refractivity (Wildman–Crippen MR) is 72.3 cm³/mol. The Balaban J connectivity index is 1.93. The van der Waals surface area contributed by atoms with Crippen LogP contribution in [-0.4, -0.2) is 11.0 Å². The first-order valence-electron chi connectivity index (χ1n) is 6.91. The SMILES string of the molecule is Cc1csc(C2(NC3CC3)CCCCC2C)n1. The van der Waals surface area contributed by atoms with Gasteiger partial charge in [-0.15, -0.1) is 11.3 Å². The molecule has 1 N–H and O–H groups in total. The molecule has 2 aliphatic rings. The van der Waals surface area contributed by atoms with Gasteiger partial charge < -0.3 is 5.32 Å². The van der Waals surface area contributed by atoms with Crippen LogP contribution in [-0.2, 0) is 5.54 Å². The number of nitrogens with zero attached hydrogens (tertiary/aromatic N) is 1. The van der Waals surface area contributed by atoms with Gasteiger partial charge in [-0.1, -0.05) is 19.8 Å². The van der Waals surface area contributed by atoms with E-state index in [1.807, 2.05) is 11.3 Å². The molecule has 1 heterocycles. The van der Waals surface area contributed by atoms with Crippen LogP contribution in [0.3, 0.4) is 0 Å². The average molecular weight is 250 g/mol. The number of nitrogens with one attached hydrogen (secondary N) is 1. The maximum atomic E-state index is 4.79. The lowest BCUT2D eigenvalue weighted by atomic mass is 9.74. The molecule has 1 aromatic rings. The Morgan fingerprint density at radius 1 is 1.35 bits per heavy atom. The zero-order valence-electron chi connectivity index (χ0n) is 10.8. The van der Waals surface area contributed by atoms with E-state index in [0.29, 0.717) is 0 Å². The van der Waals surface area contributed by atoms with E-state index >= 15 is 0 Å². The van der Waals surface area contributed by atoms with Crippen molar-refractivity contribution in [2.24, 2.45) is 5.92 Å². The van der Waals surface area contributed by atoms with Crippen molar-refractivity contribution in [3.05, 3.63) is 16.1 Å². The molecule has 0 radical (unpaired) electrons. The van der Waals surface area contributed by atoms with E-state index in [9.17, 15) is 0 Å². The molecule has 0 aromatic carbocycles. The third kappa shape index (κ3) is 2.15. The van der Waals surface area contributed by atoms with E-state index in [0.717, 1.165) is 12.0 Å². The van der Waals surface area contributed by atoms with Gasteiger partial charge in [0.2, 0.25) is 0 Å². The van der Waals surface area contributed by atoms with Gasteiger partial charge in [-0.3, -0.25) is 0 Å². The summed E-state index contributed by atoms with van der Waals surface area (Å²) >= 11 is 1.85. The molecule has 3 heteroatoms. The maximum absolute atomic E-state index is 4.79.